The molecule has 2 amide bonds. The van der Waals surface area contributed by atoms with E-state index in [1.807, 2.05) is 26.0 Å². The predicted octanol–water partition coefficient (Wildman–Crippen LogP) is 7.34. The molecular formula is C28H50N2O4. The van der Waals surface area contributed by atoms with Crippen LogP contribution in [0, 0.1) is 35.5 Å². The largest absolute Gasteiger partial charge is 0.445 e. The Morgan fingerprint density at radius 1 is 0.912 bits per heavy atom. The van der Waals surface area contributed by atoms with E-state index < -0.39 is 12.2 Å². The van der Waals surface area contributed by atoms with Crippen LogP contribution in [-0.4, -0.2) is 35.4 Å². The third kappa shape index (κ3) is 7.91. The summed E-state index contributed by atoms with van der Waals surface area (Å²) in [5.41, 5.74) is 2.77. The maximum Gasteiger partial charge on any atom is 0.429 e. The van der Waals surface area contributed by atoms with Gasteiger partial charge in [-0.1, -0.05) is 73.5 Å². The maximum absolute atomic E-state index is 13.4. The molecule has 0 heterocycles. The molecule has 2 fully saturated rings. The number of hydrogen-bond acceptors (Lipinski definition) is 4. The van der Waals surface area contributed by atoms with Gasteiger partial charge in [0.05, 0.1) is 6.04 Å². The third-order valence-corrected chi connectivity index (χ3v) is 8.01. The number of ether oxygens (including phenoxy) is 2. The van der Waals surface area contributed by atoms with Gasteiger partial charge in [-0.15, -0.1) is 0 Å². The molecule has 0 aromatic carbocycles. The summed E-state index contributed by atoms with van der Waals surface area (Å²) in [5, 5.41) is 1.34. The van der Waals surface area contributed by atoms with Crippen molar-refractivity contribution in [2.24, 2.45) is 35.5 Å². The number of carbonyl (C=O) groups excluding carboxylic acids is 2. The minimum Gasteiger partial charge on any atom is -0.445 e. The summed E-state index contributed by atoms with van der Waals surface area (Å²) in [4.78, 5) is 26.4. The van der Waals surface area contributed by atoms with Gasteiger partial charge in [0.15, 0.2) is 0 Å². The number of rotatable bonds is 7. The first-order valence-corrected chi connectivity index (χ1v) is 13.7. The number of nitrogens with one attached hydrogen (secondary N) is 1. The number of hydrazine groups is 1. The van der Waals surface area contributed by atoms with E-state index in [4.69, 9.17) is 9.47 Å². The molecule has 196 valence electrons. The van der Waals surface area contributed by atoms with Crippen LogP contribution < -0.4 is 5.43 Å². The van der Waals surface area contributed by atoms with Crippen molar-refractivity contribution in [3.63, 3.8) is 0 Å². The standard InChI is InChI=1S/C28H50N2O4/c1-9-11-22(10-2)30(28(32)34-26-17-21(8)13-15-24(26)19(5)6)29-27(31)33-25-16-20(7)12-14-23(25)18(3)4/h9,11,18-26H,10,12-17H2,1-8H3,(H,29,31)/b11-9+/t20-,21-,22?,23+,24+,25-,26-/m1/s1. The molecule has 0 bridgehead atoms. The average Bonchev–Trinajstić information content (AvgIpc) is 2.75. The highest BCUT2D eigenvalue weighted by Crippen LogP contribution is 2.36. The lowest BCUT2D eigenvalue weighted by Gasteiger charge is -2.39. The molecule has 0 aromatic rings. The molecule has 2 aliphatic rings. The van der Waals surface area contributed by atoms with Crippen LogP contribution in [-0.2, 0) is 9.47 Å². The summed E-state index contributed by atoms with van der Waals surface area (Å²) in [6.45, 7) is 17.1. The molecule has 0 saturated heterocycles. The summed E-state index contributed by atoms with van der Waals surface area (Å²) >= 11 is 0. The van der Waals surface area contributed by atoms with Crippen LogP contribution in [0.15, 0.2) is 12.2 Å². The highest BCUT2D eigenvalue weighted by molar-refractivity contribution is 5.74. The van der Waals surface area contributed by atoms with Crippen molar-refractivity contribution in [2.45, 2.75) is 119 Å². The summed E-state index contributed by atoms with van der Waals surface area (Å²) < 4.78 is 12.0. The molecule has 1 N–H and O–H groups in total. The van der Waals surface area contributed by atoms with Gasteiger partial charge in [0, 0.05) is 0 Å². The fourth-order valence-corrected chi connectivity index (χ4v) is 5.84. The van der Waals surface area contributed by atoms with Crippen LogP contribution in [0.25, 0.3) is 0 Å². The van der Waals surface area contributed by atoms with Crippen molar-refractivity contribution in [3.05, 3.63) is 12.2 Å². The van der Waals surface area contributed by atoms with Crippen LogP contribution in [0.2, 0.25) is 0 Å². The first kappa shape index (κ1) is 28.5. The van der Waals surface area contributed by atoms with E-state index in [0.29, 0.717) is 41.9 Å². The molecule has 2 aliphatic carbocycles. The lowest BCUT2D eigenvalue weighted by Crippen LogP contribution is -2.54. The topological polar surface area (TPSA) is 67.9 Å². The Hall–Kier alpha value is -1.72. The summed E-state index contributed by atoms with van der Waals surface area (Å²) in [6.07, 6.45) is 9.34. The highest BCUT2D eigenvalue weighted by atomic mass is 16.6. The number of carbonyl (C=O) groups is 2. The number of amides is 2. The SMILES string of the molecule is C/C=C/C(CC)N(NC(=O)O[C@@H]1C[C@H](C)CC[C@H]1C(C)C)C(=O)O[C@@H]1C[C@H](C)CC[C@H]1C(C)C. The van der Waals surface area contributed by atoms with E-state index in [9.17, 15) is 9.59 Å². The van der Waals surface area contributed by atoms with Crippen molar-refractivity contribution in [3.8, 4) is 0 Å². The minimum atomic E-state index is -0.568. The van der Waals surface area contributed by atoms with Gasteiger partial charge < -0.3 is 9.47 Å². The quantitative estimate of drug-likeness (QED) is 0.307. The van der Waals surface area contributed by atoms with Gasteiger partial charge in [-0.2, -0.15) is 0 Å². The van der Waals surface area contributed by atoms with Crippen molar-refractivity contribution >= 4 is 12.2 Å². The Balaban J connectivity index is 2.15. The highest BCUT2D eigenvalue weighted by Gasteiger charge is 2.37. The molecule has 6 heteroatoms. The third-order valence-electron chi connectivity index (χ3n) is 8.01. The molecular weight excluding hydrogens is 428 g/mol. The van der Waals surface area contributed by atoms with Crippen LogP contribution in [0.3, 0.4) is 0 Å². The first-order chi connectivity index (χ1) is 16.1. The predicted molar refractivity (Wildman–Crippen MR) is 137 cm³/mol. The van der Waals surface area contributed by atoms with Crippen molar-refractivity contribution < 1.29 is 19.1 Å². The Morgan fingerprint density at radius 3 is 1.85 bits per heavy atom. The second-order valence-corrected chi connectivity index (χ2v) is 11.5. The molecule has 6 nitrogen and oxygen atoms in total. The second-order valence-electron chi connectivity index (χ2n) is 11.5. The normalized spacial score (nSPS) is 30.9. The van der Waals surface area contributed by atoms with Gasteiger partial charge >= 0.3 is 12.2 Å². The van der Waals surface area contributed by atoms with E-state index >= 15 is 0 Å². The van der Waals surface area contributed by atoms with Gasteiger partial charge in [-0.3, -0.25) is 0 Å². The molecule has 7 atom stereocenters. The smallest absolute Gasteiger partial charge is 0.429 e. The molecule has 2 saturated carbocycles. The Bertz CT molecular complexity index is 677. The van der Waals surface area contributed by atoms with Gasteiger partial charge in [0.25, 0.3) is 0 Å². The van der Waals surface area contributed by atoms with E-state index in [1.54, 1.807) is 0 Å². The molecule has 0 aliphatic heterocycles. The van der Waals surface area contributed by atoms with Crippen molar-refractivity contribution in [2.75, 3.05) is 0 Å². The van der Waals surface area contributed by atoms with E-state index in [2.05, 4.69) is 47.0 Å². The molecule has 0 radical (unpaired) electrons. The van der Waals surface area contributed by atoms with Crippen molar-refractivity contribution in [1.29, 1.82) is 0 Å². The zero-order chi connectivity index (χ0) is 25.4. The van der Waals surface area contributed by atoms with E-state index in [-0.39, 0.29) is 18.2 Å². The second kappa shape index (κ2) is 13.4. The molecule has 1 unspecified atom stereocenters. The lowest BCUT2D eigenvalue weighted by molar-refractivity contribution is -0.0303. The average molecular weight is 479 g/mol. The molecule has 0 spiro atoms. The Morgan fingerprint density at radius 2 is 1.41 bits per heavy atom. The van der Waals surface area contributed by atoms with Gasteiger partial charge in [0.1, 0.15) is 12.2 Å². The van der Waals surface area contributed by atoms with Crippen LogP contribution in [0.5, 0.6) is 0 Å². The van der Waals surface area contributed by atoms with Gasteiger partial charge in [0.2, 0.25) is 0 Å². The van der Waals surface area contributed by atoms with Gasteiger partial charge in [-0.05, 0) is 74.5 Å². The van der Waals surface area contributed by atoms with E-state index in [1.165, 1.54) is 11.4 Å². The summed E-state index contributed by atoms with van der Waals surface area (Å²) in [6, 6.07) is -0.297. The van der Waals surface area contributed by atoms with Crippen molar-refractivity contribution in [1.82, 2.24) is 10.4 Å². The van der Waals surface area contributed by atoms with Crippen LogP contribution in [0.1, 0.15) is 100 Å². The maximum atomic E-state index is 13.4. The number of nitrogens with zero attached hydrogens (tertiary/aromatic N) is 1. The Labute approximate surface area is 208 Å². The fraction of sp³-hybridized carbons (Fsp3) is 0.857. The first-order valence-electron chi connectivity index (χ1n) is 13.7. The minimum absolute atomic E-state index is 0.132. The number of allylic oxidation sites excluding steroid dienone is 1. The summed E-state index contributed by atoms with van der Waals surface area (Å²) in [7, 11) is 0. The molecule has 2 rings (SSSR count). The van der Waals surface area contributed by atoms with Crippen LogP contribution >= 0.6 is 0 Å². The zero-order valence-corrected chi connectivity index (χ0v) is 22.9. The summed E-state index contributed by atoms with van der Waals surface area (Å²) in [5.74, 6) is 2.62. The zero-order valence-electron chi connectivity index (χ0n) is 22.9. The Kier molecular flexibility index (Phi) is 11.2. The number of hydrogen-bond donors (Lipinski definition) is 1. The fourth-order valence-electron chi connectivity index (χ4n) is 5.84. The monoisotopic (exact) mass is 478 g/mol. The molecule has 0 aromatic heterocycles. The van der Waals surface area contributed by atoms with Crippen LogP contribution in [0.4, 0.5) is 9.59 Å². The molecule has 34 heavy (non-hydrogen) atoms. The van der Waals surface area contributed by atoms with E-state index in [0.717, 1.165) is 32.1 Å². The van der Waals surface area contributed by atoms with Gasteiger partial charge in [-0.25, -0.2) is 20.0 Å². The lowest BCUT2D eigenvalue weighted by atomic mass is 9.75.